The fourth-order valence-electron chi connectivity index (χ4n) is 3.33. The van der Waals surface area contributed by atoms with Crippen LogP contribution in [0, 0.1) is 6.92 Å². The minimum atomic E-state index is -0.526. The lowest BCUT2D eigenvalue weighted by atomic mass is 10.1. The first-order valence-electron chi connectivity index (χ1n) is 9.11. The molecule has 8 nitrogen and oxygen atoms in total. The van der Waals surface area contributed by atoms with E-state index in [4.69, 9.17) is 9.26 Å². The van der Waals surface area contributed by atoms with Gasteiger partial charge in [-0.25, -0.2) is 9.78 Å². The van der Waals surface area contributed by atoms with Crippen molar-refractivity contribution >= 4 is 16.9 Å². The zero-order valence-corrected chi connectivity index (χ0v) is 15.1. The fraction of sp³-hybridized carbons (Fsp3) is 0.421. The molecule has 2 aromatic heterocycles. The van der Waals surface area contributed by atoms with Crippen LogP contribution >= 0.6 is 0 Å². The van der Waals surface area contributed by atoms with Crippen LogP contribution < -0.4 is 5.56 Å². The summed E-state index contributed by atoms with van der Waals surface area (Å²) in [5, 5.41) is 4.17. The average molecular weight is 368 g/mol. The van der Waals surface area contributed by atoms with E-state index in [0.717, 1.165) is 37.9 Å². The van der Waals surface area contributed by atoms with E-state index in [1.807, 2.05) is 0 Å². The van der Waals surface area contributed by atoms with E-state index in [0.29, 0.717) is 28.8 Å². The molecule has 140 valence electrons. The largest absolute Gasteiger partial charge is 0.452 e. The van der Waals surface area contributed by atoms with Gasteiger partial charge in [0.2, 0.25) is 0 Å². The number of fused-ring (bicyclic) bond motifs is 2. The van der Waals surface area contributed by atoms with E-state index in [-0.39, 0.29) is 18.1 Å². The smallest absolute Gasteiger partial charge is 0.338 e. The van der Waals surface area contributed by atoms with Gasteiger partial charge in [-0.1, -0.05) is 18.0 Å². The lowest BCUT2D eigenvalue weighted by Crippen LogP contribution is -2.26. The van der Waals surface area contributed by atoms with Gasteiger partial charge < -0.3 is 9.26 Å². The molecule has 1 aliphatic heterocycles. The molecular formula is C19H20N4O4. The van der Waals surface area contributed by atoms with E-state index >= 15 is 0 Å². The van der Waals surface area contributed by atoms with Gasteiger partial charge in [0.05, 0.1) is 16.5 Å². The molecule has 0 amide bonds. The summed E-state index contributed by atoms with van der Waals surface area (Å²) in [6.07, 6.45) is 5.06. The normalized spacial score (nSPS) is 14.4. The molecule has 3 aromatic rings. The summed E-state index contributed by atoms with van der Waals surface area (Å²) in [6.45, 7) is 2.29. The zero-order chi connectivity index (χ0) is 18.8. The average Bonchev–Trinajstić information content (AvgIpc) is 3.06. The number of hydrogen-bond donors (Lipinski definition) is 0. The Morgan fingerprint density at radius 1 is 1.22 bits per heavy atom. The lowest BCUT2D eigenvalue weighted by molar-refractivity contribution is 0.0430. The molecule has 0 bridgehead atoms. The first-order valence-corrected chi connectivity index (χ1v) is 9.11. The van der Waals surface area contributed by atoms with Gasteiger partial charge >= 0.3 is 5.97 Å². The van der Waals surface area contributed by atoms with Crippen LogP contribution in [0.2, 0.25) is 0 Å². The number of carbonyl (C=O) groups is 1. The Labute approximate surface area is 155 Å². The SMILES string of the molecule is Cc1noc(COC(=O)c2ccc3c(=O)n4c(nc3c2)CCCCCC4)n1. The van der Waals surface area contributed by atoms with E-state index in [1.54, 1.807) is 29.7 Å². The van der Waals surface area contributed by atoms with Gasteiger partial charge in [0.25, 0.3) is 11.4 Å². The number of aryl methyl sites for hydroxylation is 2. The third-order valence-electron chi connectivity index (χ3n) is 4.70. The van der Waals surface area contributed by atoms with Gasteiger partial charge in [-0.2, -0.15) is 4.98 Å². The van der Waals surface area contributed by atoms with Gasteiger partial charge in [-0.15, -0.1) is 0 Å². The van der Waals surface area contributed by atoms with Crippen molar-refractivity contribution in [1.29, 1.82) is 0 Å². The number of nitrogens with zero attached hydrogens (tertiary/aromatic N) is 4. The van der Waals surface area contributed by atoms with Crippen molar-refractivity contribution in [3.8, 4) is 0 Å². The van der Waals surface area contributed by atoms with Crippen LogP contribution in [0.3, 0.4) is 0 Å². The first kappa shape index (κ1) is 17.4. The van der Waals surface area contributed by atoms with E-state index < -0.39 is 5.97 Å². The van der Waals surface area contributed by atoms with E-state index in [2.05, 4.69) is 15.1 Å². The van der Waals surface area contributed by atoms with Crippen LogP contribution in [0.1, 0.15) is 53.6 Å². The van der Waals surface area contributed by atoms with Crippen molar-refractivity contribution in [3.63, 3.8) is 0 Å². The summed E-state index contributed by atoms with van der Waals surface area (Å²) in [4.78, 5) is 33.8. The molecule has 0 fully saturated rings. The minimum absolute atomic E-state index is 0.0434. The molecular weight excluding hydrogens is 348 g/mol. The Balaban J connectivity index is 1.62. The highest BCUT2D eigenvalue weighted by Gasteiger charge is 2.16. The number of rotatable bonds is 3. The van der Waals surface area contributed by atoms with Gasteiger partial charge in [-0.3, -0.25) is 9.36 Å². The molecule has 0 spiro atoms. The van der Waals surface area contributed by atoms with Crippen LogP contribution in [0.15, 0.2) is 27.5 Å². The van der Waals surface area contributed by atoms with Gasteiger partial charge in [0, 0.05) is 13.0 Å². The molecule has 3 heterocycles. The Bertz CT molecular complexity index is 1050. The molecule has 4 rings (SSSR count). The van der Waals surface area contributed by atoms with Crippen molar-refractivity contribution in [3.05, 3.63) is 51.7 Å². The van der Waals surface area contributed by atoms with Crippen molar-refractivity contribution in [1.82, 2.24) is 19.7 Å². The van der Waals surface area contributed by atoms with Gasteiger partial charge in [0.15, 0.2) is 12.4 Å². The molecule has 1 aromatic carbocycles. The maximum absolute atomic E-state index is 12.8. The maximum atomic E-state index is 12.8. The van der Waals surface area contributed by atoms with Crippen molar-refractivity contribution in [2.24, 2.45) is 0 Å². The molecule has 1 aliphatic rings. The topological polar surface area (TPSA) is 100 Å². The molecule has 0 saturated heterocycles. The van der Waals surface area contributed by atoms with Crippen molar-refractivity contribution in [2.75, 3.05) is 0 Å². The third kappa shape index (κ3) is 3.60. The number of carbonyl (C=O) groups excluding carboxylic acids is 1. The summed E-state index contributed by atoms with van der Waals surface area (Å²) < 4.78 is 11.9. The highest BCUT2D eigenvalue weighted by Crippen LogP contribution is 2.17. The highest BCUT2D eigenvalue weighted by atomic mass is 16.6. The Hall–Kier alpha value is -3.03. The number of esters is 1. The second kappa shape index (κ2) is 7.30. The number of ether oxygens (including phenoxy) is 1. The summed E-state index contributed by atoms with van der Waals surface area (Å²) in [7, 11) is 0. The van der Waals surface area contributed by atoms with Crippen LogP contribution in [-0.2, 0) is 24.3 Å². The number of benzene rings is 1. The second-order valence-corrected chi connectivity index (χ2v) is 6.69. The van der Waals surface area contributed by atoms with Crippen LogP contribution in [0.4, 0.5) is 0 Å². The van der Waals surface area contributed by atoms with Crippen molar-refractivity contribution in [2.45, 2.75) is 52.2 Å². The summed E-state index contributed by atoms with van der Waals surface area (Å²) in [5.41, 5.74) is 0.814. The molecule has 0 unspecified atom stereocenters. The Kier molecular flexibility index (Phi) is 4.70. The quantitative estimate of drug-likeness (QED) is 0.655. The molecule has 0 atom stereocenters. The number of aromatic nitrogens is 4. The highest BCUT2D eigenvalue weighted by molar-refractivity contribution is 5.94. The van der Waals surface area contributed by atoms with Gasteiger partial charge in [-0.05, 0) is 38.0 Å². The first-order chi connectivity index (χ1) is 13.1. The van der Waals surface area contributed by atoms with Crippen LogP contribution in [-0.4, -0.2) is 25.7 Å². The van der Waals surface area contributed by atoms with E-state index in [1.165, 1.54) is 0 Å². The molecule has 8 heteroatoms. The third-order valence-corrected chi connectivity index (χ3v) is 4.70. The van der Waals surface area contributed by atoms with Crippen LogP contribution in [0.5, 0.6) is 0 Å². The minimum Gasteiger partial charge on any atom is -0.452 e. The van der Waals surface area contributed by atoms with E-state index in [9.17, 15) is 9.59 Å². The summed E-state index contributed by atoms with van der Waals surface area (Å²) >= 11 is 0. The molecule has 0 N–H and O–H groups in total. The lowest BCUT2D eigenvalue weighted by Gasteiger charge is -2.16. The molecule has 0 aliphatic carbocycles. The van der Waals surface area contributed by atoms with Gasteiger partial charge in [0.1, 0.15) is 5.82 Å². The predicted molar refractivity (Wildman–Crippen MR) is 96.3 cm³/mol. The molecule has 0 radical (unpaired) electrons. The standard InChI is InChI=1S/C19H20N4O4/c1-12-20-17(27-22-12)11-26-19(25)13-7-8-14-15(10-13)21-16-6-4-2-3-5-9-23(16)18(14)24/h7-8,10H,2-6,9,11H2,1H3. The second-order valence-electron chi connectivity index (χ2n) is 6.69. The predicted octanol–water partition coefficient (Wildman–Crippen LogP) is 2.56. The molecule has 0 saturated carbocycles. The Morgan fingerprint density at radius 3 is 2.89 bits per heavy atom. The number of hydrogen-bond acceptors (Lipinski definition) is 7. The summed E-state index contributed by atoms with van der Waals surface area (Å²) in [5.74, 6) is 0.979. The van der Waals surface area contributed by atoms with Crippen LogP contribution in [0.25, 0.3) is 10.9 Å². The monoisotopic (exact) mass is 368 g/mol. The summed E-state index contributed by atoms with van der Waals surface area (Å²) in [6, 6.07) is 4.84. The van der Waals surface area contributed by atoms with Crippen molar-refractivity contribution < 1.29 is 14.1 Å². The fourth-order valence-corrected chi connectivity index (χ4v) is 3.33. The molecule has 27 heavy (non-hydrogen) atoms. The zero-order valence-electron chi connectivity index (χ0n) is 15.1. The maximum Gasteiger partial charge on any atom is 0.338 e. The Morgan fingerprint density at radius 2 is 2.07 bits per heavy atom.